The summed E-state index contributed by atoms with van der Waals surface area (Å²) in [5.41, 5.74) is 4.77. The number of nitrogens with zero attached hydrogens (tertiary/aromatic N) is 2. The van der Waals surface area contributed by atoms with E-state index < -0.39 is 5.97 Å². The molecule has 8 heteroatoms. The van der Waals surface area contributed by atoms with Crippen LogP contribution in [-0.2, 0) is 14.3 Å². The summed E-state index contributed by atoms with van der Waals surface area (Å²) in [6, 6.07) is 14.5. The number of amides is 1. The molecule has 0 radical (unpaired) electrons. The molecule has 1 amide bonds. The highest BCUT2D eigenvalue weighted by Crippen LogP contribution is 2.38. The van der Waals surface area contributed by atoms with Crippen LogP contribution in [0, 0.1) is 13.8 Å². The van der Waals surface area contributed by atoms with Crippen LogP contribution in [0.25, 0.3) is 11.8 Å². The normalized spacial score (nSPS) is 14.8. The fourth-order valence-electron chi connectivity index (χ4n) is 4.37. The Morgan fingerprint density at radius 1 is 1.00 bits per heavy atom. The van der Waals surface area contributed by atoms with Crippen molar-refractivity contribution in [1.82, 2.24) is 4.57 Å². The van der Waals surface area contributed by atoms with Crippen LogP contribution in [0.3, 0.4) is 0 Å². The van der Waals surface area contributed by atoms with Crippen molar-refractivity contribution in [2.24, 2.45) is 0 Å². The Hall–Kier alpha value is -3.48. The zero-order valence-electron chi connectivity index (χ0n) is 20.0. The van der Waals surface area contributed by atoms with Gasteiger partial charge in [-0.3, -0.25) is 9.69 Å². The number of benzene rings is 2. The van der Waals surface area contributed by atoms with E-state index in [4.69, 9.17) is 32.7 Å². The number of carbonyl (C=O) groups is 2. The molecule has 0 saturated carbocycles. The second-order valence-electron chi connectivity index (χ2n) is 8.09. The predicted octanol–water partition coefficient (Wildman–Crippen LogP) is 6.29. The molecule has 35 heavy (non-hydrogen) atoms. The molecule has 0 unspecified atom stereocenters. The zero-order chi connectivity index (χ0) is 25.4. The average molecular weight is 511 g/mol. The Labute approximate surface area is 214 Å². The van der Waals surface area contributed by atoms with Gasteiger partial charge in [-0.1, -0.05) is 35.3 Å². The van der Waals surface area contributed by atoms with Crippen LogP contribution in [0.15, 0.2) is 65.4 Å². The summed E-state index contributed by atoms with van der Waals surface area (Å²) < 4.78 is 12.3. The highest BCUT2D eigenvalue weighted by atomic mass is 35.5. The van der Waals surface area contributed by atoms with Crippen molar-refractivity contribution in [3.05, 3.63) is 92.4 Å². The number of carbonyl (C=O) groups excluding carboxylic acids is 2. The predicted molar refractivity (Wildman–Crippen MR) is 138 cm³/mol. The van der Waals surface area contributed by atoms with E-state index in [2.05, 4.69) is 0 Å². The number of esters is 1. The lowest BCUT2D eigenvalue weighted by molar-refractivity contribution is -0.136. The van der Waals surface area contributed by atoms with Crippen molar-refractivity contribution in [2.75, 3.05) is 19.1 Å². The van der Waals surface area contributed by atoms with Crippen molar-refractivity contribution in [3.8, 4) is 11.4 Å². The van der Waals surface area contributed by atoms with Crippen LogP contribution < -0.4 is 9.64 Å². The lowest BCUT2D eigenvalue weighted by atomic mass is 10.0. The summed E-state index contributed by atoms with van der Waals surface area (Å²) in [7, 11) is 2.85. The Morgan fingerprint density at radius 2 is 1.71 bits per heavy atom. The van der Waals surface area contributed by atoms with E-state index in [-0.39, 0.29) is 17.1 Å². The van der Waals surface area contributed by atoms with E-state index in [0.717, 1.165) is 22.6 Å². The first kappa shape index (κ1) is 24.6. The van der Waals surface area contributed by atoms with Crippen molar-refractivity contribution in [2.45, 2.75) is 20.8 Å². The molecular weight excluding hydrogens is 487 g/mol. The number of ether oxygens (including phenoxy) is 2. The van der Waals surface area contributed by atoms with Gasteiger partial charge in [0, 0.05) is 23.2 Å². The Balaban J connectivity index is 1.87. The molecule has 1 aliphatic rings. The van der Waals surface area contributed by atoms with Gasteiger partial charge in [0.25, 0.3) is 5.91 Å². The van der Waals surface area contributed by atoms with Gasteiger partial charge in [0.05, 0.1) is 46.8 Å². The number of halogens is 2. The van der Waals surface area contributed by atoms with E-state index >= 15 is 0 Å². The molecule has 1 aromatic heterocycles. The van der Waals surface area contributed by atoms with Crippen molar-refractivity contribution in [3.63, 3.8) is 0 Å². The molecule has 2 aromatic carbocycles. The number of methoxy groups -OCH3 is 2. The van der Waals surface area contributed by atoms with Crippen molar-refractivity contribution >= 4 is 46.8 Å². The van der Waals surface area contributed by atoms with Crippen LogP contribution in [0.4, 0.5) is 5.69 Å². The average Bonchev–Trinajstić information content (AvgIpc) is 3.26. The molecule has 0 fully saturated rings. The SMILES string of the molecule is COC(=O)C1=C(C)N(c2cccc(OC)c2)C(=O)/C1=C\c1cc(C)n(-c2cccc(Cl)c2Cl)c1C. The molecule has 0 saturated heterocycles. The van der Waals surface area contributed by atoms with Gasteiger partial charge < -0.3 is 14.0 Å². The number of hydrogen-bond acceptors (Lipinski definition) is 4. The molecule has 2 heterocycles. The Morgan fingerprint density at radius 3 is 2.40 bits per heavy atom. The van der Waals surface area contributed by atoms with Gasteiger partial charge in [-0.15, -0.1) is 0 Å². The molecule has 4 rings (SSSR count). The molecule has 3 aromatic rings. The zero-order valence-corrected chi connectivity index (χ0v) is 21.5. The van der Waals surface area contributed by atoms with Gasteiger partial charge in [0.1, 0.15) is 5.75 Å². The maximum absolute atomic E-state index is 13.6. The maximum Gasteiger partial charge on any atom is 0.340 e. The molecular formula is C27H24Cl2N2O4. The van der Waals surface area contributed by atoms with Crippen LogP contribution in [0.1, 0.15) is 23.9 Å². The molecule has 1 aliphatic heterocycles. The monoisotopic (exact) mass is 510 g/mol. The minimum atomic E-state index is -0.584. The topological polar surface area (TPSA) is 60.8 Å². The minimum Gasteiger partial charge on any atom is -0.497 e. The van der Waals surface area contributed by atoms with Gasteiger partial charge in [-0.05, 0) is 62.7 Å². The quantitative estimate of drug-likeness (QED) is 0.299. The summed E-state index contributed by atoms with van der Waals surface area (Å²) in [4.78, 5) is 27.9. The number of hydrogen-bond donors (Lipinski definition) is 0. The van der Waals surface area contributed by atoms with Crippen LogP contribution in [-0.4, -0.2) is 30.7 Å². The van der Waals surface area contributed by atoms with Crippen molar-refractivity contribution in [1.29, 1.82) is 0 Å². The Kier molecular flexibility index (Phi) is 6.79. The summed E-state index contributed by atoms with van der Waals surface area (Å²) in [6.45, 7) is 5.58. The third-order valence-electron chi connectivity index (χ3n) is 6.04. The number of anilines is 1. The molecule has 6 nitrogen and oxygen atoms in total. The van der Waals surface area contributed by atoms with E-state index in [1.807, 2.05) is 36.6 Å². The third-order valence-corrected chi connectivity index (χ3v) is 6.85. The fraction of sp³-hybridized carbons (Fsp3) is 0.185. The highest BCUT2D eigenvalue weighted by Gasteiger charge is 2.38. The lowest BCUT2D eigenvalue weighted by Crippen LogP contribution is -2.24. The third kappa shape index (κ3) is 4.24. The molecule has 0 N–H and O–H groups in total. The first-order chi connectivity index (χ1) is 16.7. The second-order valence-corrected chi connectivity index (χ2v) is 8.87. The van der Waals surface area contributed by atoms with E-state index in [0.29, 0.717) is 27.2 Å². The smallest absolute Gasteiger partial charge is 0.340 e. The first-order valence-corrected chi connectivity index (χ1v) is 11.6. The minimum absolute atomic E-state index is 0.214. The maximum atomic E-state index is 13.6. The van der Waals surface area contributed by atoms with Crippen LogP contribution >= 0.6 is 23.2 Å². The number of rotatable bonds is 5. The number of allylic oxidation sites excluding steroid dienone is 1. The first-order valence-electron chi connectivity index (χ1n) is 10.8. The van der Waals surface area contributed by atoms with Gasteiger partial charge in [-0.2, -0.15) is 0 Å². The molecule has 180 valence electrons. The summed E-state index contributed by atoms with van der Waals surface area (Å²) in [5.74, 6) is -0.317. The molecule has 0 aliphatic carbocycles. The number of aryl methyl sites for hydroxylation is 1. The molecule has 0 atom stereocenters. The summed E-state index contributed by atoms with van der Waals surface area (Å²) in [6.07, 6.45) is 1.72. The summed E-state index contributed by atoms with van der Waals surface area (Å²) in [5, 5.41) is 0.880. The highest BCUT2D eigenvalue weighted by molar-refractivity contribution is 6.43. The van der Waals surface area contributed by atoms with E-state index in [1.54, 1.807) is 50.4 Å². The van der Waals surface area contributed by atoms with Gasteiger partial charge in [-0.25, -0.2) is 4.79 Å². The van der Waals surface area contributed by atoms with Gasteiger partial charge >= 0.3 is 5.97 Å². The number of aromatic nitrogens is 1. The van der Waals surface area contributed by atoms with Crippen LogP contribution in [0.2, 0.25) is 10.0 Å². The lowest BCUT2D eigenvalue weighted by Gasteiger charge is -2.18. The van der Waals surface area contributed by atoms with Gasteiger partial charge in [0.2, 0.25) is 0 Å². The molecule has 0 spiro atoms. The summed E-state index contributed by atoms with van der Waals surface area (Å²) >= 11 is 12.7. The Bertz CT molecular complexity index is 1420. The fourth-order valence-corrected chi connectivity index (χ4v) is 4.75. The molecule has 0 bridgehead atoms. The van der Waals surface area contributed by atoms with Crippen molar-refractivity contribution < 1.29 is 19.1 Å². The standard InChI is InChI=1S/C27H24Cl2N2O4/c1-15-12-18(16(2)30(15)23-11-7-10-22(28)25(23)29)13-21-24(27(33)35-5)17(3)31(26(21)32)19-8-6-9-20(14-19)34-4/h6-14H,1-5H3/b21-13-. The second kappa shape index (κ2) is 9.64. The van der Waals surface area contributed by atoms with E-state index in [9.17, 15) is 9.59 Å². The largest absolute Gasteiger partial charge is 0.497 e. The van der Waals surface area contributed by atoms with Crippen LogP contribution in [0.5, 0.6) is 5.75 Å². The van der Waals surface area contributed by atoms with E-state index in [1.165, 1.54) is 12.0 Å². The van der Waals surface area contributed by atoms with Gasteiger partial charge in [0.15, 0.2) is 0 Å².